The summed E-state index contributed by atoms with van der Waals surface area (Å²) in [5.74, 6) is 0.628. The van der Waals surface area contributed by atoms with E-state index in [9.17, 15) is 13.2 Å². The van der Waals surface area contributed by atoms with E-state index in [0.717, 1.165) is 6.42 Å². The van der Waals surface area contributed by atoms with Crippen molar-refractivity contribution >= 4 is 37.5 Å². The van der Waals surface area contributed by atoms with Crippen molar-refractivity contribution in [3.8, 4) is 11.5 Å². The lowest BCUT2D eigenvalue weighted by atomic mass is 10.1. The number of carbonyl (C=O) groups is 1. The first kappa shape index (κ1) is 17.8. The normalized spacial score (nSPS) is 11.3. The van der Waals surface area contributed by atoms with Crippen LogP contribution in [0.1, 0.15) is 29.3 Å². The Bertz CT molecular complexity index is 817. The Hall–Kier alpha value is -1.50. The molecule has 2 aromatic rings. The molecule has 0 unspecified atom stereocenters. The van der Waals surface area contributed by atoms with Gasteiger partial charge in [0, 0.05) is 16.2 Å². The molecule has 0 saturated carbocycles. The van der Waals surface area contributed by atoms with E-state index in [-0.39, 0.29) is 16.2 Å². The Balaban J connectivity index is 2.67. The molecule has 0 aliphatic carbocycles. The minimum atomic E-state index is -4.09. The maximum absolute atomic E-state index is 11.9. The molecule has 7 heteroatoms. The third kappa shape index (κ3) is 4.50. The molecule has 0 atom stereocenters. The van der Waals surface area contributed by atoms with Gasteiger partial charge in [-0.05, 0) is 36.2 Å². The maximum Gasteiger partial charge on any atom is 0.265 e. The van der Waals surface area contributed by atoms with Crippen LogP contribution in [0.2, 0.25) is 0 Å². The average molecular weight is 371 g/mol. The van der Waals surface area contributed by atoms with Crippen molar-refractivity contribution in [3.05, 3.63) is 53.6 Å². The van der Waals surface area contributed by atoms with E-state index in [0.29, 0.717) is 17.7 Å². The molecule has 0 N–H and O–H groups in total. The highest BCUT2D eigenvalue weighted by atomic mass is 35.7. The Kier molecular flexibility index (Phi) is 5.73. The number of halogens is 1. The molecule has 0 radical (unpaired) electrons. The van der Waals surface area contributed by atoms with E-state index in [2.05, 4.69) is 12.6 Å². The van der Waals surface area contributed by atoms with Crippen molar-refractivity contribution in [3.63, 3.8) is 0 Å². The molecule has 0 spiro atoms. The summed E-state index contributed by atoms with van der Waals surface area (Å²) in [5, 5.41) is -0.532. The number of thiol groups is 1. The van der Waals surface area contributed by atoms with Gasteiger partial charge in [-0.2, -0.15) is 0 Å². The maximum atomic E-state index is 11.9. The topological polar surface area (TPSA) is 60.4 Å². The highest BCUT2D eigenvalue weighted by Crippen LogP contribution is 2.36. The molecule has 0 aromatic heterocycles. The summed E-state index contributed by atoms with van der Waals surface area (Å²) < 4.78 is 29.6. The number of hydrogen-bond acceptors (Lipinski definition) is 4. The van der Waals surface area contributed by atoms with E-state index >= 15 is 0 Å². The van der Waals surface area contributed by atoms with Crippen molar-refractivity contribution in [2.45, 2.75) is 24.7 Å². The van der Waals surface area contributed by atoms with Crippen LogP contribution in [0.3, 0.4) is 0 Å². The first-order chi connectivity index (χ1) is 10.8. The van der Waals surface area contributed by atoms with Crippen molar-refractivity contribution in [1.82, 2.24) is 0 Å². The molecular weight excluding hydrogens is 356 g/mol. The van der Waals surface area contributed by atoms with Gasteiger partial charge in [0.2, 0.25) is 5.12 Å². The van der Waals surface area contributed by atoms with E-state index in [4.69, 9.17) is 15.4 Å². The summed E-state index contributed by atoms with van der Waals surface area (Å²) in [7, 11) is 1.45. The zero-order chi connectivity index (χ0) is 17.0. The predicted molar refractivity (Wildman–Crippen MR) is 93.3 cm³/mol. The fourth-order valence-corrected chi connectivity index (χ4v) is 3.28. The van der Waals surface area contributed by atoms with Crippen LogP contribution in [0.5, 0.6) is 11.5 Å². The van der Waals surface area contributed by atoms with Crippen molar-refractivity contribution in [1.29, 1.82) is 0 Å². The number of benzene rings is 2. The molecule has 4 nitrogen and oxygen atoms in total. The van der Waals surface area contributed by atoms with Crippen LogP contribution < -0.4 is 4.74 Å². The molecule has 0 heterocycles. The summed E-state index contributed by atoms with van der Waals surface area (Å²) in [5.41, 5.74) is 0.756. The summed E-state index contributed by atoms with van der Waals surface area (Å²) in [6.07, 6.45) is 1.29. The van der Waals surface area contributed by atoms with Crippen LogP contribution in [0, 0.1) is 0 Å². The van der Waals surface area contributed by atoms with E-state index in [1.807, 2.05) is 13.0 Å². The molecule has 122 valence electrons. The van der Waals surface area contributed by atoms with Crippen molar-refractivity contribution < 1.29 is 17.9 Å². The lowest BCUT2D eigenvalue weighted by Gasteiger charge is -2.15. The quantitative estimate of drug-likeness (QED) is 0.603. The number of aryl methyl sites for hydroxylation is 1. The highest BCUT2D eigenvalue weighted by molar-refractivity contribution is 8.13. The number of carbonyl (C=O) groups excluding carboxylic acids is 1. The molecule has 0 fully saturated rings. The second kappa shape index (κ2) is 7.38. The molecular formula is C16H15ClO4S2. The van der Waals surface area contributed by atoms with Gasteiger partial charge in [0.15, 0.2) is 5.75 Å². The van der Waals surface area contributed by atoms with Gasteiger partial charge in [-0.15, -0.1) is 12.6 Å². The fourth-order valence-electron chi connectivity index (χ4n) is 2.14. The smallest absolute Gasteiger partial charge is 0.265 e. The van der Waals surface area contributed by atoms with Gasteiger partial charge in [-0.3, -0.25) is 4.79 Å². The average Bonchev–Trinajstić information content (AvgIpc) is 2.48. The largest absolute Gasteiger partial charge is 0.456 e. The summed E-state index contributed by atoms with van der Waals surface area (Å²) >= 11 is 3.76. The summed E-state index contributed by atoms with van der Waals surface area (Å²) in [6, 6.07) is 11.6. The minimum Gasteiger partial charge on any atom is -0.456 e. The van der Waals surface area contributed by atoms with Crippen molar-refractivity contribution in [2.24, 2.45) is 0 Å². The van der Waals surface area contributed by atoms with Crippen molar-refractivity contribution in [2.75, 3.05) is 0 Å². The lowest BCUT2D eigenvalue weighted by Crippen LogP contribution is -2.04. The zero-order valence-corrected chi connectivity index (χ0v) is 14.8. The van der Waals surface area contributed by atoms with Crippen LogP contribution in [0.25, 0.3) is 0 Å². The molecule has 2 aromatic carbocycles. The Morgan fingerprint density at radius 3 is 2.39 bits per heavy atom. The molecule has 0 aliphatic rings. The fraction of sp³-hybridized carbons (Fsp3) is 0.188. The van der Waals surface area contributed by atoms with Gasteiger partial charge in [0.1, 0.15) is 10.6 Å². The number of hydrogen-bond donors (Lipinski definition) is 1. The third-order valence-corrected chi connectivity index (χ3v) is 4.71. The monoisotopic (exact) mass is 370 g/mol. The second-order valence-electron chi connectivity index (χ2n) is 4.87. The Morgan fingerprint density at radius 2 is 1.87 bits per heavy atom. The third-order valence-electron chi connectivity index (χ3n) is 3.12. The van der Waals surface area contributed by atoms with Gasteiger partial charge in [-0.1, -0.05) is 31.5 Å². The zero-order valence-electron chi connectivity index (χ0n) is 12.3. The van der Waals surface area contributed by atoms with Crippen LogP contribution >= 0.6 is 23.3 Å². The van der Waals surface area contributed by atoms with E-state index in [1.54, 1.807) is 30.3 Å². The first-order valence-electron chi connectivity index (χ1n) is 6.90. The lowest BCUT2D eigenvalue weighted by molar-refractivity contribution is 0.109. The van der Waals surface area contributed by atoms with Gasteiger partial charge in [-0.25, -0.2) is 8.42 Å². The first-order valence-corrected chi connectivity index (χ1v) is 9.66. The number of para-hydroxylation sites is 1. The molecule has 2 rings (SSSR count). The SMILES string of the molecule is CCCc1cc(C(=O)S)cc(S(=O)(=O)Cl)c1Oc1ccccc1. The van der Waals surface area contributed by atoms with Crippen LogP contribution in [0.15, 0.2) is 47.4 Å². The van der Waals surface area contributed by atoms with Gasteiger partial charge >= 0.3 is 0 Å². The molecule has 23 heavy (non-hydrogen) atoms. The van der Waals surface area contributed by atoms with E-state index in [1.165, 1.54) is 6.07 Å². The highest BCUT2D eigenvalue weighted by Gasteiger charge is 2.23. The molecule has 0 amide bonds. The summed E-state index contributed by atoms with van der Waals surface area (Å²) in [4.78, 5) is 11.3. The standard InChI is InChI=1S/C16H15ClO4S2/c1-2-6-11-9-12(16(18)22)10-14(23(17,19)20)15(11)21-13-7-4-3-5-8-13/h3-5,7-10H,2,6H2,1H3,(H,18,22). The second-order valence-corrected chi connectivity index (χ2v) is 7.81. The Morgan fingerprint density at radius 1 is 1.22 bits per heavy atom. The number of ether oxygens (including phenoxy) is 1. The minimum absolute atomic E-state index is 0.145. The predicted octanol–water partition coefficient (Wildman–Crippen LogP) is 4.43. The van der Waals surface area contributed by atoms with Crippen LogP contribution in [0.4, 0.5) is 0 Å². The van der Waals surface area contributed by atoms with Gasteiger partial charge < -0.3 is 4.74 Å². The Labute approximate surface area is 145 Å². The van der Waals surface area contributed by atoms with E-state index < -0.39 is 14.2 Å². The number of rotatable bonds is 6. The molecule has 0 saturated heterocycles. The van der Waals surface area contributed by atoms with Gasteiger partial charge in [0.25, 0.3) is 9.05 Å². The molecule has 0 aliphatic heterocycles. The van der Waals surface area contributed by atoms with Crippen LogP contribution in [-0.4, -0.2) is 13.5 Å². The molecule has 0 bridgehead atoms. The van der Waals surface area contributed by atoms with Crippen LogP contribution in [-0.2, 0) is 15.5 Å². The van der Waals surface area contributed by atoms with Gasteiger partial charge in [0.05, 0.1) is 0 Å². The summed E-state index contributed by atoms with van der Waals surface area (Å²) in [6.45, 7) is 1.94.